The number of sulfonamides is 1. The maximum Gasteiger partial charge on any atom is 0.322 e. The Labute approximate surface area is 156 Å². The van der Waals surface area contributed by atoms with Crippen molar-refractivity contribution in [2.45, 2.75) is 24.3 Å². The van der Waals surface area contributed by atoms with Crippen molar-refractivity contribution >= 4 is 39.2 Å². The van der Waals surface area contributed by atoms with Crippen LogP contribution in [0.25, 0.3) is 0 Å². The molecule has 134 valence electrons. The van der Waals surface area contributed by atoms with E-state index in [0.29, 0.717) is 15.6 Å². The van der Waals surface area contributed by atoms with Crippen molar-refractivity contribution < 1.29 is 18.3 Å². The van der Waals surface area contributed by atoms with Gasteiger partial charge in [-0.25, -0.2) is 8.42 Å². The molecule has 2 aromatic carbocycles. The molecule has 2 rings (SSSR count). The molecule has 0 fully saturated rings. The van der Waals surface area contributed by atoms with Crippen LogP contribution in [-0.4, -0.2) is 36.9 Å². The van der Waals surface area contributed by atoms with E-state index in [1.165, 1.54) is 31.3 Å². The minimum Gasteiger partial charge on any atom is -0.480 e. The fraction of sp³-hybridized carbons (Fsp3) is 0.235. The van der Waals surface area contributed by atoms with E-state index in [0.717, 1.165) is 9.87 Å². The van der Waals surface area contributed by atoms with E-state index in [1.807, 2.05) is 6.92 Å². The Morgan fingerprint density at radius 2 is 1.76 bits per heavy atom. The van der Waals surface area contributed by atoms with Crippen LogP contribution in [-0.2, 0) is 21.2 Å². The Morgan fingerprint density at radius 3 is 2.28 bits per heavy atom. The summed E-state index contributed by atoms with van der Waals surface area (Å²) in [4.78, 5) is 11.6. The molecule has 1 atom stereocenters. The zero-order valence-electron chi connectivity index (χ0n) is 13.6. The lowest BCUT2D eigenvalue weighted by atomic mass is 10.0. The molecule has 0 bridgehead atoms. The van der Waals surface area contributed by atoms with Gasteiger partial charge in [0.2, 0.25) is 10.0 Å². The van der Waals surface area contributed by atoms with Crippen LogP contribution >= 0.6 is 23.2 Å². The number of rotatable bonds is 6. The average molecular weight is 402 g/mol. The van der Waals surface area contributed by atoms with Crippen molar-refractivity contribution in [3.8, 4) is 0 Å². The third-order valence-corrected chi connectivity index (χ3v) is 6.42. The van der Waals surface area contributed by atoms with Crippen molar-refractivity contribution in [2.75, 3.05) is 7.05 Å². The summed E-state index contributed by atoms with van der Waals surface area (Å²) in [5, 5.41) is 10.4. The highest BCUT2D eigenvalue weighted by molar-refractivity contribution is 7.89. The molecule has 5 nitrogen and oxygen atoms in total. The number of hydrogen-bond donors (Lipinski definition) is 1. The minimum absolute atomic E-state index is 0.00134. The molecule has 2 aromatic rings. The Balaban J connectivity index is 2.33. The predicted octanol–water partition coefficient (Wildman–Crippen LogP) is 3.62. The number of likely N-dealkylation sites (N-methyl/N-ethyl adjacent to an activating group) is 1. The zero-order valence-corrected chi connectivity index (χ0v) is 15.9. The molecular formula is C17H17Cl2NO4S. The van der Waals surface area contributed by atoms with Gasteiger partial charge >= 0.3 is 5.97 Å². The van der Waals surface area contributed by atoms with Gasteiger partial charge in [-0.15, -0.1) is 0 Å². The molecule has 0 unspecified atom stereocenters. The summed E-state index contributed by atoms with van der Waals surface area (Å²) in [6.07, 6.45) is -0.00134. The summed E-state index contributed by atoms with van der Waals surface area (Å²) in [5.74, 6) is -1.24. The highest BCUT2D eigenvalue weighted by Gasteiger charge is 2.33. The van der Waals surface area contributed by atoms with Crippen LogP contribution in [0.15, 0.2) is 47.4 Å². The van der Waals surface area contributed by atoms with Gasteiger partial charge in [0.25, 0.3) is 0 Å². The van der Waals surface area contributed by atoms with Crippen molar-refractivity contribution in [3.63, 3.8) is 0 Å². The van der Waals surface area contributed by atoms with E-state index in [9.17, 15) is 18.3 Å². The minimum atomic E-state index is -3.98. The quantitative estimate of drug-likeness (QED) is 0.801. The number of aryl methyl sites for hydroxylation is 1. The largest absolute Gasteiger partial charge is 0.480 e. The highest BCUT2D eigenvalue weighted by atomic mass is 35.5. The van der Waals surface area contributed by atoms with E-state index in [-0.39, 0.29) is 11.3 Å². The summed E-state index contributed by atoms with van der Waals surface area (Å²) in [5.41, 5.74) is 1.50. The van der Waals surface area contributed by atoms with E-state index in [1.54, 1.807) is 18.2 Å². The average Bonchev–Trinajstić information content (AvgIpc) is 2.55. The lowest BCUT2D eigenvalue weighted by molar-refractivity contribution is -0.141. The second kappa shape index (κ2) is 7.74. The lowest BCUT2D eigenvalue weighted by Crippen LogP contribution is -2.43. The lowest BCUT2D eigenvalue weighted by Gasteiger charge is -2.24. The van der Waals surface area contributed by atoms with Crippen LogP contribution in [0.3, 0.4) is 0 Å². The Hall–Kier alpha value is -1.60. The number of benzene rings is 2. The normalized spacial score (nSPS) is 13.0. The molecule has 0 aromatic heterocycles. The van der Waals surface area contributed by atoms with Gasteiger partial charge in [0.05, 0.1) is 4.90 Å². The van der Waals surface area contributed by atoms with Crippen molar-refractivity contribution in [2.24, 2.45) is 0 Å². The van der Waals surface area contributed by atoms with Crippen LogP contribution in [0.2, 0.25) is 10.0 Å². The number of nitrogens with zero attached hydrogens (tertiary/aromatic N) is 1. The van der Waals surface area contributed by atoms with E-state index < -0.39 is 22.0 Å². The zero-order chi connectivity index (χ0) is 18.8. The van der Waals surface area contributed by atoms with E-state index >= 15 is 0 Å². The van der Waals surface area contributed by atoms with Gasteiger partial charge in [0, 0.05) is 17.1 Å². The first-order valence-corrected chi connectivity index (χ1v) is 9.54. The number of aliphatic carboxylic acids is 1. The molecule has 0 amide bonds. The first-order chi connectivity index (χ1) is 11.6. The molecule has 0 aliphatic heterocycles. The van der Waals surface area contributed by atoms with Gasteiger partial charge in [0.15, 0.2) is 0 Å². The SMILES string of the molecule is Cc1ccc(C[C@H](C(=O)O)N(C)S(=O)(=O)c2ccc(Cl)cc2)cc1Cl. The summed E-state index contributed by atoms with van der Waals surface area (Å²) >= 11 is 11.8. The summed E-state index contributed by atoms with van der Waals surface area (Å²) in [7, 11) is -2.73. The molecule has 25 heavy (non-hydrogen) atoms. The summed E-state index contributed by atoms with van der Waals surface area (Å²) < 4.78 is 26.2. The highest BCUT2D eigenvalue weighted by Crippen LogP contribution is 2.23. The van der Waals surface area contributed by atoms with Gasteiger partial charge in [-0.3, -0.25) is 4.79 Å². The maximum atomic E-state index is 12.7. The fourth-order valence-corrected chi connectivity index (χ4v) is 3.94. The van der Waals surface area contributed by atoms with Crippen molar-refractivity contribution in [3.05, 3.63) is 63.6 Å². The number of halogens is 2. The van der Waals surface area contributed by atoms with Crippen LogP contribution in [0, 0.1) is 6.92 Å². The maximum absolute atomic E-state index is 12.7. The molecule has 8 heteroatoms. The summed E-state index contributed by atoms with van der Waals surface area (Å²) in [6.45, 7) is 1.83. The van der Waals surface area contributed by atoms with Gasteiger partial charge < -0.3 is 5.11 Å². The van der Waals surface area contributed by atoms with Crippen LogP contribution < -0.4 is 0 Å². The molecule has 0 saturated carbocycles. The molecule has 1 N–H and O–H groups in total. The number of carboxylic acids is 1. The van der Waals surface area contributed by atoms with Crippen LogP contribution in [0.1, 0.15) is 11.1 Å². The number of carboxylic acid groups (broad SMARTS) is 1. The first-order valence-electron chi connectivity index (χ1n) is 7.34. The van der Waals surface area contributed by atoms with E-state index in [2.05, 4.69) is 0 Å². The molecule has 0 aliphatic carbocycles. The third kappa shape index (κ3) is 4.52. The van der Waals surface area contributed by atoms with Crippen molar-refractivity contribution in [1.82, 2.24) is 4.31 Å². The van der Waals surface area contributed by atoms with Gasteiger partial charge in [-0.1, -0.05) is 35.3 Å². The Bertz CT molecular complexity index is 882. The predicted molar refractivity (Wildman–Crippen MR) is 97.7 cm³/mol. The summed E-state index contributed by atoms with van der Waals surface area (Å²) in [6, 6.07) is 9.46. The second-order valence-electron chi connectivity index (χ2n) is 5.62. The topological polar surface area (TPSA) is 74.7 Å². The molecule has 0 radical (unpaired) electrons. The van der Waals surface area contributed by atoms with Gasteiger partial charge in [-0.05, 0) is 54.8 Å². The Kier molecular flexibility index (Phi) is 6.11. The van der Waals surface area contributed by atoms with Gasteiger partial charge in [-0.2, -0.15) is 4.31 Å². The molecular weight excluding hydrogens is 385 g/mol. The van der Waals surface area contributed by atoms with Crippen LogP contribution in [0.5, 0.6) is 0 Å². The van der Waals surface area contributed by atoms with E-state index in [4.69, 9.17) is 23.2 Å². The number of carbonyl (C=O) groups is 1. The van der Waals surface area contributed by atoms with Gasteiger partial charge in [0.1, 0.15) is 6.04 Å². The monoisotopic (exact) mass is 401 g/mol. The third-order valence-electron chi connectivity index (χ3n) is 3.88. The van der Waals surface area contributed by atoms with Crippen LogP contribution in [0.4, 0.5) is 0 Å². The molecule has 0 saturated heterocycles. The molecule has 0 aliphatic rings. The first kappa shape index (κ1) is 19.7. The molecule has 0 spiro atoms. The second-order valence-corrected chi connectivity index (χ2v) is 8.46. The van der Waals surface area contributed by atoms with Crippen molar-refractivity contribution in [1.29, 1.82) is 0 Å². The standard InChI is InChI=1S/C17H17Cl2NO4S/c1-11-3-4-12(9-15(11)19)10-16(17(21)22)20(2)25(23,24)14-7-5-13(18)6-8-14/h3-9,16H,10H2,1-2H3,(H,21,22)/t16-/m1/s1. The Morgan fingerprint density at radius 1 is 1.16 bits per heavy atom. The fourth-order valence-electron chi connectivity index (χ4n) is 2.30. The number of hydrogen-bond acceptors (Lipinski definition) is 3. The smallest absolute Gasteiger partial charge is 0.322 e. The molecule has 0 heterocycles.